The van der Waals surface area contributed by atoms with Crippen molar-refractivity contribution in [2.45, 2.75) is 19.4 Å². The van der Waals surface area contributed by atoms with E-state index in [0.29, 0.717) is 43.7 Å². The van der Waals surface area contributed by atoms with E-state index in [1.165, 1.54) is 6.20 Å². The number of H-pyrrole nitrogens is 1. The summed E-state index contributed by atoms with van der Waals surface area (Å²) in [7, 11) is 1.82. The number of anilines is 2. The van der Waals surface area contributed by atoms with Crippen molar-refractivity contribution in [2.24, 2.45) is 0 Å². The molecule has 0 spiro atoms. The van der Waals surface area contributed by atoms with Crippen LogP contribution in [0.3, 0.4) is 0 Å². The number of hydrogen-bond acceptors (Lipinski definition) is 9. The predicted octanol–water partition coefficient (Wildman–Crippen LogP) is -0.247. The highest BCUT2D eigenvalue weighted by atomic mass is 16.2. The van der Waals surface area contributed by atoms with Gasteiger partial charge in [-0.05, 0) is 37.7 Å². The summed E-state index contributed by atoms with van der Waals surface area (Å²) in [6.07, 6.45) is 2.44. The minimum absolute atomic E-state index is 0.0116. The molecule has 33 heavy (non-hydrogen) atoms. The number of hydrogen-bond donors (Lipinski definition) is 6. The summed E-state index contributed by atoms with van der Waals surface area (Å²) in [4.78, 5) is 50.6. The molecule has 1 aromatic carbocycles. The first kappa shape index (κ1) is 23.6. The predicted molar refractivity (Wildman–Crippen MR) is 125 cm³/mol. The lowest BCUT2D eigenvalue weighted by molar-refractivity contribution is -0.121. The summed E-state index contributed by atoms with van der Waals surface area (Å²) in [6, 6.07) is 6.94. The Labute approximate surface area is 189 Å². The molecule has 0 aliphatic carbocycles. The summed E-state index contributed by atoms with van der Waals surface area (Å²) < 4.78 is 0. The van der Waals surface area contributed by atoms with Crippen molar-refractivity contribution >= 4 is 34.6 Å². The number of nitrogen functional groups attached to an aromatic ring is 1. The summed E-state index contributed by atoms with van der Waals surface area (Å²) in [5.41, 5.74) is 7.20. The van der Waals surface area contributed by atoms with E-state index in [0.717, 1.165) is 12.2 Å². The van der Waals surface area contributed by atoms with Gasteiger partial charge in [0.15, 0.2) is 11.2 Å². The van der Waals surface area contributed by atoms with E-state index in [2.05, 4.69) is 41.2 Å². The van der Waals surface area contributed by atoms with Crippen LogP contribution in [-0.4, -0.2) is 58.4 Å². The molecule has 12 heteroatoms. The second kappa shape index (κ2) is 11.5. The topological polar surface area (TPSA) is 180 Å². The van der Waals surface area contributed by atoms with Crippen molar-refractivity contribution in [3.8, 4) is 0 Å². The molecule has 0 aliphatic rings. The van der Waals surface area contributed by atoms with Crippen LogP contribution in [0.1, 0.15) is 28.9 Å². The quantitative estimate of drug-likeness (QED) is 0.213. The van der Waals surface area contributed by atoms with Crippen LogP contribution in [0.4, 0.5) is 11.6 Å². The molecule has 7 N–H and O–H groups in total. The summed E-state index contributed by atoms with van der Waals surface area (Å²) in [5.74, 6) is -0.248. The normalized spacial score (nSPS) is 10.7. The number of fused-ring (bicyclic) bond motifs is 1. The number of aromatic nitrogens is 4. The summed E-state index contributed by atoms with van der Waals surface area (Å²) >= 11 is 0. The van der Waals surface area contributed by atoms with E-state index >= 15 is 0 Å². The standard InChI is InChI=1S/C21H27N9O3/c1-23-9-10-24-16(31)3-2-8-25-19(32)13-4-6-14(7-5-13)26-11-15-12-27-18-17(28-15)20(33)30-21(22)29-18/h4-7,12,23,26H,2-3,8-11H2,1H3,(H,24,31)(H,25,32)(H3,22,27,29,30,33). The van der Waals surface area contributed by atoms with Crippen LogP contribution < -0.4 is 32.6 Å². The molecule has 2 heterocycles. The van der Waals surface area contributed by atoms with Gasteiger partial charge in [0.1, 0.15) is 0 Å². The SMILES string of the molecule is CNCCNC(=O)CCCNC(=O)c1ccc(NCc2cnc3nc(N)[nH]c(=O)c3n2)cc1. The van der Waals surface area contributed by atoms with Crippen LogP contribution in [0.15, 0.2) is 35.3 Å². The lowest BCUT2D eigenvalue weighted by atomic mass is 10.2. The highest BCUT2D eigenvalue weighted by Crippen LogP contribution is 2.11. The number of amides is 2. The van der Waals surface area contributed by atoms with Crippen LogP contribution >= 0.6 is 0 Å². The fraction of sp³-hybridized carbons (Fsp3) is 0.333. The second-order valence-electron chi connectivity index (χ2n) is 7.23. The van der Waals surface area contributed by atoms with E-state index in [9.17, 15) is 14.4 Å². The number of carbonyl (C=O) groups excluding carboxylic acids is 2. The van der Waals surface area contributed by atoms with E-state index < -0.39 is 5.56 Å². The lowest BCUT2D eigenvalue weighted by Crippen LogP contribution is -2.31. The Morgan fingerprint density at radius 2 is 1.85 bits per heavy atom. The highest BCUT2D eigenvalue weighted by molar-refractivity contribution is 5.94. The second-order valence-corrected chi connectivity index (χ2v) is 7.23. The van der Waals surface area contributed by atoms with Crippen molar-refractivity contribution < 1.29 is 9.59 Å². The highest BCUT2D eigenvalue weighted by Gasteiger charge is 2.08. The zero-order valence-corrected chi connectivity index (χ0v) is 18.3. The van der Waals surface area contributed by atoms with E-state index in [4.69, 9.17) is 5.73 Å². The molecule has 0 atom stereocenters. The number of rotatable bonds is 11. The van der Waals surface area contributed by atoms with E-state index in [1.807, 2.05) is 7.05 Å². The van der Waals surface area contributed by atoms with Crippen molar-refractivity contribution in [3.05, 3.63) is 52.1 Å². The third-order valence-corrected chi connectivity index (χ3v) is 4.67. The van der Waals surface area contributed by atoms with E-state index in [1.54, 1.807) is 24.3 Å². The molecule has 0 saturated carbocycles. The molecule has 0 bridgehead atoms. The Kier molecular flexibility index (Phi) is 8.24. The average molecular weight is 454 g/mol. The first-order chi connectivity index (χ1) is 16.0. The molecule has 0 aliphatic heterocycles. The molecule has 3 rings (SSSR count). The van der Waals surface area contributed by atoms with E-state index in [-0.39, 0.29) is 28.9 Å². The molecule has 0 radical (unpaired) electrons. The van der Waals surface area contributed by atoms with Gasteiger partial charge in [-0.1, -0.05) is 0 Å². The van der Waals surface area contributed by atoms with Gasteiger partial charge in [-0.2, -0.15) is 4.98 Å². The Morgan fingerprint density at radius 1 is 1.06 bits per heavy atom. The molecule has 0 unspecified atom stereocenters. The van der Waals surface area contributed by atoms with Gasteiger partial charge in [-0.3, -0.25) is 19.4 Å². The van der Waals surface area contributed by atoms with Crippen LogP contribution in [0, 0.1) is 0 Å². The Morgan fingerprint density at radius 3 is 2.61 bits per heavy atom. The number of nitrogens with zero attached hydrogens (tertiary/aromatic N) is 3. The molecule has 3 aromatic rings. The van der Waals surface area contributed by atoms with Gasteiger partial charge < -0.3 is 27.0 Å². The first-order valence-electron chi connectivity index (χ1n) is 10.5. The summed E-state index contributed by atoms with van der Waals surface area (Å²) in [5, 5.41) is 11.7. The fourth-order valence-electron chi connectivity index (χ4n) is 2.96. The molecule has 12 nitrogen and oxygen atoms in total. The van der Waals surface area contributed by atoms with Crippen molar-refractivity contribution in [2.75, 3.05) is 37.7 Å². The molecule has 0 fully saturated rings. The third kappa shape index (κ3) is 6.97. The summed E-state index contributed by atoms with van der Waals surface area (Å²) in [6.45, 7) is 2.04. The molecule has 0 saturated heterocycles. The van der Waals surface area contributed by atoms with Gasteiger partial charge in [0.2, 0.25) is 11.9 Å². The van der Waals surface area contributed by atoms with Gasteiger partial charge in [0.25, 0.3) is 11.5 Å². The molecular weight excluding hydrogens is 426 g/mol. The van der Waals surface area contributed by atoms with Crippen molar-refractivity contribution in [1.82, 2.24) is 35.9 Å². The molecule has 2 amide bonds. The largest absolute Gasteiger partial charge is 0.379 e. The fourth-order valence-corrected chi connectivity index (χ4v) is 2.96. The number of benzene rings is 1. The van der Waals surface area contributed by atoms with Gasteiger partial charge in [-0.15, -0.1) is 0 Å². The molecule has 2 aromatic heterocycles. The van der Waals surface area contributed by atoms with Gasteiger partial charge in [0, 0.05) is 37.3 Å². The Balaban J connectivity index is 1.45. The zero-order chi connectivity index (χ0) is 23.6. The zero-order valence-electron chi connectivity index (χ0n) is 18.3. The maximum Gasteiger partial charge on any atom is 0.280 e. The number of carbonyl (C=O) groups is 2. The smallest absolute Gasteiger partial charge is 0.280 e. The average Bonchev–Trinajstić information content (AvgIpc) is 2.81. The van der Waals surface area contributed by atoms with Gasteiger partial charge in [0.05, 0.1) is 18.4 Å². The third-order valence-electron chi connectivity index (χ3n) is 4.67. The minimum Gasteiger partial charge on any atom is -0.379 e. The van der Waals surface area contributed by atoms with Crippen LogP contribution in [0.25, 0.3) is 11.2 Å². The van der Waals surface area contributed by atoms with Crippen LogP contribution in [0.5, 0.6) is 0 Å². The first-order valence-corrected chi connectivity index (χ1v) is 10.5. The Bertz CT molecular complexity index is 1160. The van der Waals surface area contributed by atoms with Crippen molar-refractivity contribution in [1.29, 1.82) is 0 Å². The van der Waals surface area contributed by atoms with Gasteiger partial charge >= 0.3 is 0 Å². The number of aromatic amines is 1. The number of nitrogens with one attached hydrogen (secondary N) is 5. The maximum atomic E-state index is 12.3. The number of nitrogens with two attached hydrogens (primary N) is 1. The molecular formula is C21H27N9O3. The molecule has 174 valence electrons. The van der Waals surface area contributed by atoms with Crippen molar-refractivity contribution in [3.63, 3.8) is 0 Å². The monoisotopic (exact) mass is 453 g/mol. The van der Waals surface area contributed by atoms with Crippen LogP contribution in [-0.2, 0) is 11.3 Å². The number of likely N-dealkylation sites (N-methyl/N-ethyl adjacent to an activating group) is 1. The maximum absolute atomic E-state index is 12.3. The minimum atomic E-state index is -0.448. The lowest BCUT2D eigenvalue weighted by Gasteiger charge is -2.09. The Hall–Kier alpha value is -4.06. The van der Waals surface area contributed by atoms with Crippen LogP contribution in [0.2, 0.25) is 0 Å². The van der Waals surface area contributed by atoms with Gasteiger partial charge in [-0.25, -0.2) is 9.97 Å².